The minimum absolute atomic E-state index is 0. The lowest BCUT2D eigenvalue weighted by molar-refractivity contribution is -0.140. The average molecular weight is 360 g/mol. The van der Waals surface area contributed by atoms with Crippen LogP contribution in [0.15, 0.2) is 0 Å². The number of ether oxygens (including phenoxy) is 1. The number of carbonyl (C=O) groups is 2. The maximum absolute atomic E-state index is 12.5. The summed E-state index contributed by atoms with van der Waals surface area (Å²) in [4.78, 5) is 26.7. The fourth-order valence-electron chi connectivity index (χ4n) is 4.20. The van der Waals surface area contributed by atoms with Gasteiger partial charge < -0.3 is 20.3 Å². The lowest BCUT2D eigenvalue weighted by atomic mass is 9.89. The first kappa shape index (κ1) is 19.5. The van der Waals surface area contributed by atoms with Gasteiger partial charge in [0.1, 0.15) is 6.04 Å². The highest BCUT2D eigenvalue weighted by atomic mass is 35.5. The first-order valence-electron chi connectivity index (χ1n) is 9.07. The van der Waals surface area contributed by atoms with Crippen molar-refractivity contribution in [1.29, 1.82) is 0 Å². The largest absolute Gasteiger partial charge is 0.378 e. The Kier molecular flexibility index (Phi) is 7.32. The van der Waals surface area contributed by atoms with E-state index < -0.39 is 0 Å². The van der Waals surface area contributed by atoms with Gasteiger partial charge in [-0.15, -0.1) is 12.4 Å². The second kappa shape index (κ2) is 9.02. The van der Waals surface area contributed by atoms with Crippen molar-refractivity contribution in [2.24, 2.45) is 5.92 Å². The number of nitrogens with zero attached hydrogens (tertiary/aromatic N) is 1. The number of hydrogen-bond acceptors (Lipinski definition) is 4. The maximum atomic E-state index is 12.5. The van der Waals surface area contributed by atoms with Gasteiger partial charge in [-0.1, -0.05) is 6.92 Å². The summed E-state index contributed by atoms with van der Waals surface area (Å²) in [6.45, 7) is 4.39. The van der Waals surface area contributed by atoms with Gasteiger partial charge in [-0.05, 0) is 38.0 Å². The van der Waals surface area contributed by atoms with E-state index in [-0.39, 0.29) is 30.3 Å². The number of halogens is 1. The molecular weight excluding hydrogens is 330 g/mol. The smallest absolute Gasteiger partial charge is 0.245 e. The summed E-state index contributed by atoms with van der Waals surface area (Å²) in [7, 11) is 0. The van der Waals surface area contributed by atoms with Crippen molar-refractivity contribution in [2.45, 2.75) is 63.6 Å². The van der Waals surface area contributed by atoms with E-state index in [1.54, 1.807) is 0 Å². The predicted molar refractivity (Wildman–Crippen MR) is 94.2 cm³/mol. The molecule has 0 aromatic heterocycles. The molecule has 3 fully saturated rings. The van der Waals surface area contributed by atoms with Crippen molar-refractivity contribution in [1.82, 2.24) is 15.5 Å². The number of amides is 2. The molecule has 3 aliphatic heterocycles. The van der Waals surface area contributed by atoms with Crippen LogP contribution in [-0.4, -0.2) is 61.1 Å². The fourth-order valence-corrected chi connectivity index (χ4v) is 4.20. The van der Waals surface area contributed by atoms with Crippen molar-refractivity contribution in [2.75, 3.05) is 26.3 Å². The molecule has 0 spiro atoms. The van der Waals surface area contributed by atoms with Crippen LogP contribution < -0.4 is 10.6 Å². The fraction of sp³-hybridized carbons (Fsp3) is 0.882. The molecule has 138 valence electrons. The predicted octanol–water partition coefficient (Wildman–Crippen LogP) is 1.08. The molecule has 2 amide bonds. The summed E-state index contributed by atoms with van der Waals surface area (Å²) < 4.78 is 5.28. The summed E-state index contributed by atoms with van der Waals surface area (Å²) in [5.41, 5.74) is 0. The topological polar surface area (TPSA) is 70.7 Å². The molecule has 0 aromatic rings. The second-order valence-electron chi connectivity index (χ2n) is 7.15. The van der Waals surface area contributed by atoms with Crippen LogP contribution in [-0.2, 0) is 14.3 Å². The number of fused-ring (bicyclic) bond motifs is 2. The monoisotopic (exact) mass is 359 g/mol. The molecule has 3 aliphatic rings. The molecule has 2 bridgehead atoms. The minimum atomic E-state index is -0.390. The zero-order valence-electron chi connectivity index (χ0n) is 14.5. The molecule has 24 heavy (non-hydrogen) atoms. The molecule has 6 nitrogen and oxygen atoms in total. The van der Waals surface area contributed by atoms with Crippen LogP contribution in [0.3, 0.4) is 0 Å². The van der Waals surface area contributed by atoms with Gasteiger partial charge in [0.15, 0.2) is 0 Å². The molecule has 3 rings (SSSR count). The van der Waals surface area contributed by atoms with Gasteiger partial charge in [0, 0.05) is 31.6 Å². The highest BCUT2D eigenvalue weighted by Crippen LogP contribution is 2.32. The molecule has 7 heteroatoms. The molecule has 0 aromatic carbocycles. The van der Waals surface area contributed by atoms with E-state index in [2.05, 4.69) is 10.6 Å². The van der Waals surface area contributed by atoms with Gasteiger partial charge in [-0.25, -0.2) is 0 Å². The number of hydrogen-bond donors (Lipinski definition) is 2. The summed E-state index contributed by atoms with van der Waals surface area (Å²) in [6.07, 6.45) is 5.88. The Morgan fingerprint density at radius 1 is 1.21 bits per heavy atom. The molecule has 3 atom stereocenters. The standard InChI is InChI=1S/C17H29N3O3.ClH/c1-2-15(17(22)20-5-7-23-8-6-20)19-16(21)11-12-9-13-3-4-14(10-12)18-13;/h12-15,18H,2-11H2,1H3,(H,19,21);1H. The number of nitrogens with one attached hydrogen (secondary N) is 2. The van der Waals surface area contributed by atoms with Gasteiger partial charge in [-0.2, -0.15) is 0 Å². The molecule has 3 unspecified atom stereocenters. The average Bonchev–Trinajstić information content (AvgIpc) is 2.91. The van der Waals surface area contributed by atoms with E-state index in [1.165, 1.54) is 12.8 Å². The van der Waals surface area contributed by atoms with Crippen molar-refractivity contribution < 1.29 is 14.3 Å². The van der Waals surface area contributed by atoms with Crippen LogP contribution in [0.25, 0.3) is 0 Å². The van der Waals surface area contributed by atoms with Crippen LogP contribution >= 0.6 is 12.4 Å². The number of carbonyl (C=O) groups excluding carboxylic acids is 2. The Labute approximate surface area is 150 Å². The van der Waals surface area contributed by atoms with Crippen LogP contribution in [0.5, 0.6) is 0 Å². The minimum Gasteiger partial charge on any atom is -0.378 e. The first-order chi connectivity index (χ1) is 11.2. The summed E-state index contributed by atoms with van der Waals surface area (Å²) >= 11 is 0. The molecule has 2 N–H and O–H groups in total. The molecular formula is C17H30ClN3O3. The highest BCUT2D eigenvalue weighted by Gasteiger charge is 2.34. The molecule has 3 heterocycles. The number of morpholine rings is 1. The van der Waals surface area contributed by atoms with Gasteiger partial charge in [0.05, 0.1) is 13.2 Å². The summed E-state index contributed by atoms with van der Waals surface area (Å²) in [5, 5.41) is 6.57. The normalized spacial score (nSPS) is 30.4. The third-order valence-electron chi connectivity index (χ3n) is 5.41. The Hall–Kier alpha value is -0.850. The van der Waals surface area contributed by atoms with Gasteiger partial charge in [-0.3, -0.25) is 9.59 Å². The van der Waals surface area contributed by atoms with Crippen LogP contribution in [0.1, 0.15) is 45.4 Å². The summed E-state index contributed by atoms with van der Waals surface area (Å²) in [5.74, 6) is 0.532. The molecule has 0 saturated carbocycles. The Balaban J connectivity index is 0.00000208. The van der Waals surface area contributed by atoms with Gasteiger partial charge in [0.2, 0.25) is 11.8 Å². The molecule has 0 radical (unpaired) electrons. The first-order valence-corrected chi connectivity index (χ1v) is 9.07. The number of piperidine rings is 1. The molecule has 0 aliphatic carbocycles. The van der Waals surface area contributed by atoms with Crippen LogP contribution in [0, 0.1) is 5.92 Å². The maximum Gasteiger partial charge on any atom is 0.245 e. The third kappa shape index (κ3) is 4.83. The van der Waals surface area contributed by atoms with E-state index in [1.807, 2.05) is 11.8 Å². The van der Waals surface area contributed by atoms with Crippen molar-refractivity contribution in [3.8, 4) is 0 Å². The second-order valence-corrected chi connectivity index (χ2v) is 7.15. The van der Waals surface area contributed by atoms with E-state index in [0.29, 0.717) is 57.1 Å². The zero-order valence-corrected chi connectivity index (χ0v) is 15.3. The van der Waals surface area contributed by atoms with Gasteiger partial charge in [0.25, 0.3) is 0 Å². The lowest BCUT2D eigenvalue weighted by Crippen LogP contribution is -2.51. The Morgan fingerprint density at radius 3 is 2.42 bits per heavy atom. The third-order valence-corrected chi connectivity index (χ3v) is 5.41. The van der Waals surface area contributed by atoms with Gasteiger partial charge >= 0.3 is 0 Å². The zero-order chi connectivity index (χ0) is 16.2. The molecule has 3 saturated heterocycles. The van der Waals surface area contributed by atoms with E-state index >= 15 is 0 Å². The highest BCUT2D eigenvalue weighted by molar-refractivity contribution is 5.87. The summed E-state index contributed by atoms with van der Waals surface area (Å²) in [6, 6.07) is 0.811. The Morgan fingerprint density at radius 2 is 1.83 bits per heavy atom. The lowest BCUT2D eigenvalue weighted by Gasteiger charge is -2.31. The van der Waals surface area contributed by atoms with Crippen LogP contribution in [0.4, 0.5) is 0 Å². The van der Waals surface area contributed by atoms with Crippen LogP contribution in [0.2, 0.25) is 0 Å². The van der Waals surface area contributed by atoms with Crippen molar-refractivity contribution in [3.05, 3.63) is 0 Å². The quantitative estimate of drug-likeness (QED) is 0.770. The van der Waals surface area contributed by atoms with E-state index in [9.17, 15) is 9.59 Å². The van der Waals surface area contributed by atoms with E-state index in [0.717, 1.165) is 12.8 Å². The van der Waals surface area contributed by atoms with Crippen molar-refractivity contribution >= 4 is 24.2 Å². The SMILES string of the molecule is CCC(NC(=O)CC1CC2CCC(C1)N2)C(=O)N1CCOCC1.Cl. The number of rotatable bonds is 5. The van der Waals surface area contributed by atoms with E-state index in [4.69, 9.17) is 4.74 Å². The Bertz CT molecular complexity index is 431. The van der Waals surface area contributed by atoms with Crippen molar-refractivity contribution in [3.63, 3.8) is 0 Å².